The smallest absolute Gasteiger partial charge is 0.410 e. The van der Waals surface area contributed by atoms with Crippen LogP contribution in [0.4, 0.5) is 4.79 Å². The Kier molecular flexibility index (Phi) is 10.4. The molecule has 0 aliphatic carbocycles. The number of carbonyl (C=O) groups excluding carboxylic acids is 3. The first kappa shape index (κ1) is 29.7. The molecule has 2 aliphatic rings. The monoisotopic (exact) mass is 523 g/mol. The fourth-order valence-corrected chi connectivity index (χ4v) is 5.89. The highest BCUT2D eigenvalue weighted by molar-refractivity contribution is 5.88. The first-order valence-corrected chi connectivity index (χ1v) is 14.3. The van der Waals surface area contributed by atoms with Crippen LogP contribution in [0.1, 0.15) is 96.6 Å². The summed E-state index contributed by atoms with van der Waals surface area (Å²) in [5.41, 5.74) is 1.67. The molecule has 208 valence electrons. The summed E-state index contributed by atoms with van der Waals surface area (Å²) in [4.78, 5) is 42.0. The van der Waals surface area contributed by atoms with E-state index in [1.54, 1.807) is 4.90 Å². The normalized spacial score (nSPS) is 21.5. The molecule has 0 spiro atoms. The molecule has 0 saturated carbocycles. The number of ketones is 1. The minimum Gasteiger partial charge on any atom is -0.444 e. The second-order valence-electron chi connectivity index (χ2n) is 11.9. The van der Waals surface area contributed by atoms with Gasteiger partial charge >= 0.3 is 6.09 Å². The highest BCUT2D eigenvalue weighted by Crippen LogP contribution is 2.31. The lowest BCUT2D eigenvalue weighted by atomic mass is 9.81. The minimum absolute atomic E-state index is 0.0426. The quantitative estimate of drug-likeness (QED) is 0.425. The second kappa shape index (κ2) is 13.3. The Hall–Kier alpha value is -2.88. The SMILES string of the molecule is CCC(=O)N1CCC(c2ccc(C[C@@H](C#N)CC(=O)[C@@H]3[C@H](CC)CCCN3C(=O)OC(C)(C)C)cc2)CC1. The van der Waals surface area contributed by atoms with Gasteiger partial charge in [-0.1, -0.05) is 44.5 Å². The Labute approximate surface area is 228 Å². The maximum atomic E-state index is 13.5. The molecule has 2 saturated heterocycles. The number of ether oxygens (including phenoxy) is 1. The van der Waals surface area contributed by atoms with Crippen molar-refractivity contribution >= 4 is 17.8 Å². The molecule has 2 heterocycles. The predicted molar refractivity (Wildman–Crippen MR) is 147 cm³/mol. The fraction of sp³-hybridized carbons (Fsp3) is 0.677. The molecule has 3 rings (SSSR count). The topological polar surface area (TPSA) is 90.7 Å². The van der Waals surface area contributed by atoms with Gasteiger partial charge in [-0.25, -0.2) is 4.79 Å². The zero-order valence-corrected chi connectivity index (χ0v) is 23.9. The van der Waals surface area contributed by atoms with Crippen LogP contribution in [0.5, 0.6) is 0 Å². The Morgan fingerprint density at radius 2 is 1.71 bits per heavy atom. The van der Waals surface area contributed by atoms with Crippen LogP contribution in [-0.4, -0.2) is 58.9 Å². The Morgan fingerprint density at radius 3 is 2.26 bits per heavy atom. The van der Waals surface area contributed by atoms with Gasteiger partial charge in [-0.15, -0.1) is 0 Å². The highest BCUT2D eigenvalue weighted by Gasteiger charge is 2.40. The van der Waals surface area contributed by atoms with Crippen molar-refractivity contribution in [3.05, 3.63) is 35.4 Å². The molecule has 0 bridgehead atoms. The van der Waals surface area contributed by atoms with E-state index in [0.717, 1.165) is 50.8 Å². The third kappa shape index (κ3) is 7.82. The number of likely N-dealkylation sites (tertiary alicyclic amines) is 2. The zero-order valence-electron chi connectivity index (χ0n) is 23.9. The first-order chi connectivity index (χ1) is 18.1. The van der Waals surface area contributed by atoms with Crippen LogP contribution in [0.25, 0.3) is 0 Å². The average molecular weight is 524 g/mol. The summed E-state index contributed by atoms with van der Waals surface area (Å²) >= 11 is 0. The lowest BCUT2D eigenvalue weighted by Crippen LogP contribution is -2.54. The van der Waals surface area contributed by atoms with Crippen molar-refractivity contribution < 1.29 is 19.1 Å². The number of amides is 2. The van der Waals surface area contributed by atoms with Gasteiger partial charge in [0.05, 0.1) is 18.0 Å². The van der Waals surface area contributed by atoms with Gasteiger partial charge in [-0.05, 0) is 75.8 Å². The summed E-state index contributed by atoms with van der Waals surface area (Å²) in [6.45, 7) is 11.6. The molecule has 1 aromatic rings. The average Bonchev–Trinajstić information content (AvgIpc) is 2.91. The Balaban J connectivity index is 1.62. The summed E-state index contributed by atoms with van der Waals surface area (Å²) in [7, 11) is 0. The van der Waals surface area contributed by atoms with Gasteiger partial charge in [0.1, 0.15) is 5.60 Å². The van der Waals surface area contributed by atoms with Crippen LogP contribution >= 0.6 is 0 Å². The van der Waals surface area contributed by atoms with Gasteiger partial charge < -0.3 is 9.64 Å². The largest absolute Gasteiger partial charge is 0.444 e. The van der Waals surface area contributed by atoms with Gasteiger partial charge in [0, 0.05) is 32.5 Å². The van der Waals surface area contributed by atoms with Gasteiger partial charge in [-0.2, -0.15) is 5.26 Å². The molecular weight excluding hydrogens is 478 g/mol. The third-order valence-electron chi connectivity index (χ3n) is 7.95. The number of rotatable bonds is 8. The molecule has 0 N–H and O–H groups in total. The lowest BCUT2D eigenvalue weighted by Gasteiger charge is -2.40. The predicted octanol–water partition coefficient (Wildman–Crippen LogP) is 5.87. The van der Waals surface area contributed by atoms with Crippen molar-refractivity contribution in [1.82, 2.24) is 9.80 Å². The highest BCUT2D eigenvalue weighted by atomic mass is 16.6. The van der Waals surface area contributed by atoms with Gasteiger partial charge in [0.15, 0.2) is 5.78 Å². The lowest BCUT2D eigenvalue weighted by molar-refractivity contribution is -0.132. The number of benzene rings is 1. The molecule has 3 atom stereocenters. The molecule has 2 amide bonds. The van der Waals surface area contributed by atoms with Crippen molar-refractivity contribution in [1.29, 1.82) is 5.26 Å². The first-order valence-electron chi connectivity index (χ1n) is 14.3. The summed E-state index contributed by atoms with van der Waals surface area (Å²) in [6.07, 6.45) is 5.23. The summed E-state index contributed by atoms with van der Waals surface area (Å²) < 4.78 is 5.61. The number of Topliss-reactive ketones (excluding diaryl/α,β-unsaturated/α-hetero) is 1. The summed E-state index contributed by atoms with van der Waals surface area (Å²) in [5, 5.41) is 9.89. The standard InChI is InChI=1S/C31H45N3O4/c1-6-24-9-8-16-34(30(37)38-31(3,4)5)29(24)27(35)20-23(21-32)19-22-10-12-25(13-11-22)26-14-17-33(18-15-26)28(36)7-2/h10-13,23-24,26,29H,6-9,14-20H2,1-5H3/t23-,24-,29+/m1/s1. The van der Waals surface area contributed by atoms with Gasteiger partial charge in [0.2, 0.25) is 5.91 Å². The van der Waals surface area contributed by atoms with Crippen LogP contribution in [0.2, 0.25) is 0 Å². The van der Waals surface area contributed by atoms with E-state index in [-0.39, 0.29) is 24.0 Å². The number of nitriles is 1. The number of hydrogen-bond donors (Lipinski definition) is 0. The zero-order chi connectivity index (χ0) is 27.9. The maximum absolute atomic E-state index is 13.5. The fourth-order valence-electron chi connectivity index (χ4n) is 5.89. The third-order valence-corrected chi connectivity index (χ3v) is 7.95. The van der Waals surface area contributed by atoms with E-state index in [4.69, 9.17) is 4.74 Å². The number of hydrogen-bond acceptors (Lipinski definition) is 5. The Morgan fingerprint density at radius 1 is 1.05 bits per heavy atom. The van der Waals surface area contributed by atoms with E-state index < -0.39 is 23.7 Å². The maximum Gasteiger partial charge on any atom is 0.410 e. The van der Waals surface area contributed by atoms with Crippen LogP contribution in [0, 0.1) is 23.2 Å². The molecule has 0 aromatic heterocycles. The minimum atomic E-state index is -0.630. The van der Waals surface area contributed by atoms with Crippen molar-refractivity contribution in [3.8, 4) is 6.07 Å². The van der Waals surface area contributed by atoms with E-state index >= 15 is 0 Å². The van der Waals surface area contributed by atoms with E-state index in [9.17, 15) is 19.6 Å². The van der Waals surface area contributed by atoms with E-state index in [1.807, 2.05) is 32.6 Å². The summed E-state index contributed by atoms with van der Waals surface area (Å²) in [5.74, 6) is 0.259. The van der Waals surface area contributed by atoms with E-state index in [0.29, 0.717) is 25.3 Å². The van der Waals surface area contributed by atoms with Crippen LogP contribution in [-0.2, 0) is 20.7 Å². The number of carbonyl (C=O) groups is 3. The van der Waals surface area contributed by atoms with Crippen molar-refractivity contribution in [2.45, 2.75) is 104 Å². The van der Waals surface area contributed by atoms with Crippen molar-refractivity contribution in [2.75, 3.05) is 19.6 Å². The molecule has 1 aromatic carbocycles. The van der Waals surface area contributed by atoms with Crippen LogP contribution in [0.3, 0.4) is 0 Å². The molecular formula is C31H45N3O4. The van der Waals surface area contributed by atoms with Crippen molar-refractivity contribution in [3.63, 3.8) is 0 Å². The molecule has 2 aliphatic heterocycles. The van der Waals surface area contributed by atoms with Crippen LogP contribution in [0.15, 0.2) is 24.3 Å². The van der Waals surface area contributed by atoms with Gasteiger partial charge in [-0.3, -0.25) is 14.5 Å². The van der Waals surface area contributed by atoms with E-state index in [1.165, 1.54) is 5.56 Å². The molecule has 0 unspecified atom stereocenters. The van der Waals surface area contributed by atoms with Crippen LogP contribution < -0.4 is 0 Å². The molecule has 2 fully saturated rings. The summed E-state index contributed by atoms with van der Waals surface area (Å²) in [6, 6.07) is 10.2. The van der Waals surface area contributed by atoms with Gasteiger partial charge in [0.25, 0.3) is 0 Å². The number of piperidine rings is 2. The molecule has 7 heteroatoms. The molecule has 0 radical (unpaired) electrons. The second-order valence-corrected chi connectivity index (χ2v) is 11.9. The molecule has 7 nitrogen and oxygen atoms in total. The van der Waals surface area contributed by atoms with E-state index in [2.05, 4.69) is 37.3 Å². The van der Waals surface area contributed by atoms with Crippen molar-refractivity contribution in [2.24, 2.45) is 11.8 Å². The molecule has 38 heavy (non-hydrogen) atoms. The Bertz CT molecular complexity index is 999. The number of nitrogens with zero attached hydrogens (tertiary/aromatic N) is 3.